The Morgan fingerprint density at radius 1 is 1.15 bits per heavy atom. The number of nitrogens with one attached hydrogen (secondary N) is 3. The van der Waals surface area contributed by atoms with E-state index in [1.165, 1.54) is 5.56 Å². The van der Waals surface area contributed by atoms with Crippen LogP contribution in [0.15, 0.2) is 39.9 Å². The average Bonchev–Trinajstić information content (AvgIpc) is 3.10. The summed E-state index contributed by atoms with van der Waals surface area (Å²) in [6, 6.07) is 8.04. The standard InChI is InChI=1S/C19H27N5O2/c1-13(2)17(25)21-9-10-22-19(20-4)23-11-16-12-26-18(24-16)15-7-5-14(3)6-8-15/h5-8,12-13H,9-11H2,1-4H3,(H,21,25)(H2,20,22,23). The fraction of sp³-hybridized carbons (Fsp3) is 0.421. The lowest BCUT2D eigenvalue weighted by Gasteiger charge is -2.12. The largest absolute Gasteiger partial charge is 0.444 e. The molecule has 0 bridgehead atoms. The lowest BCUT2D eigenvalue weighted by Crippen LogP contribution is -2.41. The maximum atomic E-state index is 11.5. The molecule has 0 aliphatic heterocycles. The Morgan fingerprint density at radius 3 is 2.50 bits per heavy atom. The Labute approximate surface area is 154 Å². The van der Waals surface area contributed by atoms with Crippen molar-refractivity contribution >= 4 is 11.9 Å². The number of carbonyl (C=O) groups is 1. The van der Waals surface area contributed by atoms with E-state index in [0.717, 1.165) is 11.3 Å². The monoisotopic (exact) mass is 357 g/mol. The van der Waals surface area contributed by atoms with Gasteiger partial charge in [-0.25, -0.2) is 4.98 Å². The third-order valence-electron chi connectivity index (χ3n) is 3.75. The lowest BCUT2D eigenvalue weighted by molar-refractivity contribution is -0.123. The predicted octanol–water partition coefficient (Wildman–Crippen LogP) is 2.09. The first-order valence-electron chi connectivity index (χ1n) is 8.73. The number of aromatic nitrogens is 1. The van der Waals surface area contributed by atoms with Gasteiger partial charge in [-0.15, -0.1) is 0 Å². The number of oxazole rings is 1. The maximum Gasteiger partial charge on any atom is 0.226 e. The first kappa shape index (κ1) is 19.5. The molecule has 0 aliphatic rings. The SMILES string of the molecule is CN=C(NCCNC(=O)C(C)C)NCc1coc(-c2ccc(C)cc2)n1. The molecule has 0 saturated carbocycles. The summed E-state index contributed by atoms with van der Waals surface area (Å²) in [6.45, 7) is 7.40. The van der Waals surface area contributed by atoms with Crippen molar-refractivity contribution in [3.8, 4) is 11.5 Å². The summed E-state index contributed by atoms with van der Waals surface area (Å²) in [7, 11) is 1.70. The van der Waals surface area contributed by atoms with E-state index in [0.29, 0.717) is 31.5 Å². The molecule has 0 saturated heterocycles. The first-order valence-corrected chi connectivity index (χ1v) is 8.73. The lowest BCUT2D eigenvalue weighted by atomic mass is 10.1. The molecule has 1 aromatic carbocycles. The van der Waals surface area contributed by atoms with E-state index in [1.807, 2.05) is 45.0 Å². The summed E-state index contributed by atoms with van der Waals surface area (Å²) < 4.78 is 5.54. The number of nitrogens with zero attached hydrogens (tertiary/aromatic N) is 2. The second-order valence-electron chi connectivity index (χ2n) is 6.31. The van der Waals surface area contributed by atoms with E-state index in [2.05, 4.69) is 25.9 Å². The number of guanidine groups is 1. The maximum absolute atomic E-state index is 11.5. The van der Waals surface area contributed by atoms with Gasteiger partial charge in [0.25, 0.3) is 0 Å². The summed E-state index contributed by atoms with van der Waals surface area (Å²) in [5, 5.41) is 9.17. The van der Waals surface area contributed by atoms with Crippen LogP contribution in [0.4, 0.5) is 0 Å². The van der Waals surface area contributed by atoms with E-state index >= 15 is 0 Å². The van der Waals surface area contributed by atoms with Crippen molar-refractivity contribution in [3.05, 3.63) is 41.8 Å². The highest BCUT2D eigenvalue weighted by atomic mass is 16.3. The first-order chi connectivity index (χ1) is 12.5. The van der Waals surface area contributed by atoms with Crippen molar-refractivity contribution in [1.82, 2.24) is 20.9 Å². The van der Waals surface area contributed by atoms with Gasteiger partial charge in [-0.1, -0.05) is 31.5 Å². The Kier molecular flexibility index (Phi) is 7.20. The van der Waals surface area contributed by atoms with Crippen molar-refractivity contribution in [2.75, 3.05) is 20.1 Å². The van der Waals surface area contributed by atoms with Crippen LogP contribution < -0.4 is 16.0 Å². The molecule has 1 aromatic heterocycles. The molecule has 2 aromatic rings. The van der Waals surface area contributed by atoms with Crippen LogP contribution in [0.1, 0.15) is 25.1 Å². The van der Waals surface area contributed by atoms with E-state index in [1.54, 1.807) is 13.3 Å². The fourth-order valence-corrected chi connectivity index (χ4v) is 2.18. The molecule has 0 atom stereocenters. The smallest absolute Gasteiger partial charge is 0.226 e. The highest BCUT2D eigenvalue weighted by molar-refractivity contribution is 5.80. The van der Waals surface area contributed by atoms with Gasteiger partial charge in [0.2, 0.25) is 11.8 Å². The molecule has 3 N–H and O–H groups in total. The van der Waals surface area contributed by atoms with Gasteiger partial charge >= 0.3 is 0 Å². The third-order valence-corrected chi connectivity index (χ3v) is 3.75. The summed E-state index contributed by atoms with van der Waals surface area (Å²) >= 11 is 0. The van der Waals surface area contributed by atoms with Crippen LogP contribution in [0.2, 0.25) is 0 Å². The number of aliphatic imine (C=N–C) groups is 1. The molecule has 140 valence electrons. The van der Waals surface area contributed by atoms with Crippen molar-refractivity contribution in [2.45, 2.75) is 27.3 Å². The summed E-state index contributed by atoms with van der Waals surface area (Å²) in [4.78, 5) is 20.1. The normalized spacial score (nSPS) is 11.5. The zero-order valence-electron chi connectivity index (χ0n) is 15.8. The van der Waals surface area contributed by atoms with Crippen molar-refractivity contribution in [1.29, 1.82) is 0 Å². The van der Waals surface area contributed by atoms with Crippen molar-refractivity contribution in [2.24, 2.45) is 10.9 Å². The molecular weight excluding hydrogens is 330 g/mol. The van der Waals surface area contributed by atoms with Crippen molar-refractivity contribution < 1.29 is 9.21 Å². The summed E-state index contributed by atoms with van der Waals surface area (Å²) in [5.74, 6) is 1.27. The molecule has 26 heavy (non-hydrogen) atoms. The number of rotatable bonds is 7. The topological polar surface area (TPSA) is 91.5 Å². The highest BCUT2D eigenvalue weighted by Crippen LogP contribution is 2.18. The Balaban J connectivity index is 1.78. The molecule has 0 radical (unpaired) electrons. The fourth-order valence-electron chi connectivity index (χ4n) is 2.18. The second kappa shape index (κ2) is 9.60. The van der Waals surface area contributed by atoms with Gasteiger partial charge in [-0.05, 0) is 19.1 Å². The van der Waals surface area contributed by atoms with Gasteiger partial charge in [0.1, 0.15) is 6.26 Å². The van der Waals surface area contributed by atoms with Crippen LogP contribution >= 0.6 is 0 Å². The Hall–Kier alpha value is -2.83. The zero-order chi connectivity index (χ0) is 18.9. The quantitative estimate of drug-likeness (QED) is 0.401. The summed E-state index contributed by atoms with van der Waals surface area (Å²) in [6.07, 6.45) is 1.64. The van der Waals surface area contributed by atoms with Gasteiger partial charge in [0, 0.05) is 31.6 Å². The van der Waals surface area contributed by atoms with Crippen LogP contribution in [-0.4, -0.2) is 37.0 Å². The number of carbonyl (C=O) groups excluding carboxylic acids is 1. The molecular formula is C19H27N5O2. The van der Waals surface area contributed by atoms with E-state index in [9.17, 15) is 4.79 Å². The number of aryl methyl sites for hydroxylation is 1. The summed E-state index contributed by atoms with van der Waals surface area (Å²) in [5.41, 5.74) is 2.93. The minimum atomic E-state index is -0.0117. The van der Waals surface area contributed by atoms with E-state index < -0.39 is 0 Å². The van der Waals surface area contributed by atoms with Gasteiger partial charge in [0.05, 0.1) is 12.2 Å². The molecule has 0 unspecified atom stereocenters. The molecule has 2 rings (SSSR count). The van der Waals surface area contributed by atoms with Crippen LogP contribution in [0, 0.1) is 12.8 Å². The predicted molar refractivity (Wildman–Crippen MR) is 103 cm³/mol. The van der Waals surface area contributed by atoms with Gasteiger partial charge < -0.3 is 20.4 Å². The van der Waals surface area contributed by atoms with E-state index in [4.69, 9.17) is 4.42 Å². The van der Waals surface area contributed by atoms with Gasteiger partial charge in [-0.3, -0.25) is 9.79 Å². The van der Waals surface area contributed by atoms with Crippen LogP contribution in [0.3, 0.4) is 0 Å². The highest BCUT2D eigenvalue weighted by Gasteiger charge is 2.08. The van der Waals surface area contributed by atoms with Crippen LogP contribution in [0.5, 0.6) is 0 Å². The Bertz CT molecular complexity index is 735. The molecule has 0 fully saturated rings. The molecule has 7 nitrogen and oxygen atoms in total. The van der Waals surface area contributed by atoms with Gasteiger partial charge in [-0.2, -0.15) is 0 Å². The third kappa shape index (κ3) is 5.91. The van der Waals surface area contributed by atoms with E-state index in [-0.39, 0.29) is 11.8 Å². The molecule has 1 amide bonds. The number of hydrogen-bond acceptors (Lipinski definition) is 4. The number of hydrogen-bond donors (Lipinski definition) is 3. The average molecular weight is 357 g/mol. The minimum absolute atomic E-state index is 0.0117. The molecule has 0 aliphatic carbocycles. The minimum Gasteiger partial charge on any atom is -0.444 e. The number of amides is 1. The molecule has 1 heterocycles. The number of benzene rings is 1. The van der Waals surface area contributed by atoms with Crippen LogP contribution in [0.25, 0.3) is 11.5 Å². The molecule has 7 heteroatoms. The van der Waals surface area contributed by atoms with Gasteiger partial charge in [0.15, 0.2) is 5.96 Å². The Morgan fingerprint density at radius 2 is 1.85 bits per heavy atom. The van der Waals surface area contributed by atoms with Crippen molar-refractivity contribution in [3.63, 3.8) is 0 Å². The molecule has 0 spiro atoms. The van der Waals surface area contributed by atoms with Crippen LogP contribution in [-0.2, 0) is 11.3 Å². The second-order valence-corrected chi connectivity index (χ2v) is 6.31. The zero-order valence-corrected chi connectivity index (χ0v) is 15.8.